The lowest BCUT2D eigenvalue weighted by molar-refractivity contribution is -0.138. The lowest BCUT2D eigenvalue weighted by atomic mass is 9.87. The third kappa shape index (κ3) is 5.33. The van der Waals surface area contributed by atoms with Crippen LogP contribution in [0.5, 0.6) is 0 Å². The summed E-state index contributed by atoms with van der Waals surface area (Å²) in [4.78, 5) is 11.3. The standard InChI is InChI=1S/C13H23NO3/c1-3-17-13(16)10(2)8-14-9-11-4-6-12(15)7-5-11/h11-12,14-15H,2-9H2,1H3. The first-order valence-electron chi connectivity index (χ1n) is 6.37. The van der Waals surface area contributed by atoms with Crippen molar-refractivity contribution in [3.05, 3.63) is 12.2 Å². The second kappa shape index (κ2) is 7.45. The SMILES string of the molecule is C=C(CNCC1CCC(O)CC1)C(=O)OCC. The third-order valence-electron chi connectivity index (χ3n) is 3.15. The minimum Gasteiger partial charge on any atom is -0.463 e. The van der Waals surface area contributed by atoms with Gasteiger partial charge in [-0.2, -0.15) is 0 Å². The second-order valence-corrected chi connectivity index (χ2v) is 4.63. The maximum Gasteiger partial charge on any atom is 0.334 e. The van der Waals surface area contributed by atoms with E-state index in [1.54, 1.807) is 6.92 Å². The van der Waals surface area contributed by atoms with Crippen LogP contribution in [0.2, 0.25) is 0 Å². The van der Waals surface area contributed by atoms with Crippen molar-refractivity contribution in [3.8, 4) is 0 Å². The zero-order valence-corrected chi connectivity index (χ0v) is 10.6. The zero-order chi connectivity index (χ0) is 12.7. The average Bonchev–Trinajstić information content (AvgIpc) is 2.32. The minimum absolute atomic E-state index is 0.110. The lowest BCUT2D eigenvalue weighted by Crippen LogP contribution is -2.30. The summed E-state index contributed by atoms with van der Waals surface area (Å²) in [5, 5.41) is 12.6. The first-order valence-corrected chi connectivity index (χ1v) is 6.37. The van der Waals surface area contributed by atoms with Crippen LogP contribution in [0.4, 0.5) is 0 Å². The highest BCUT2D eigenvalue weighted by Crippen LogP contribution is 2.23. The van der Waals surface area contributed by atoms with Gasteiger partial charge in [0.05, 0.1) is 12.7 Å². The van der Waals surface area contributed by atoms with Gasteiger partial charge in [-0.1, -0.05) is 6.58 Å². The summed E-state index contributed by atoms with van der Waals surface area (Å²) in [7, 11) is 0. The van der Waals surface area contributed by atoms with Gasteiger partial charge in [0.1, 0.15) is 0 Å². The topological polar surface area (TPSA) is 58.6 Å². The van der Waals surface area contributed by atoms with Gasteiger partial charge in [0.25, 0.3) is 0 Å². The molecule has 1 aliphatic rings. The molecule has 0 aromatic heterocycles. The maximum absolute atomic E-state index is 11.3. The van der Waals surface area contributed by atoms with Crippen molar-refractivity contribution in [1.29, 1.82) is 0 Å². The fourth-order valence-corrected chi connectivity index (χ4v) is 2.08. The Morgan fingerprint density at radius 3 is 2.65 bits per heavy atom. The number of nitrogens with one attached hydrogen (secondary N) is 1. The molecule has 0 heterocycles. The van der Waals surface area contributed by atoms with Crippen LogP contribution in [0.25, 0.3) is 0 Å². The summed E-state index contributed by atoms with van der Waals surface area (Å²) in [5.74, 6) is 0.285. The van der Waals surface area contributed by atoms with E-state index in [9.17, 15) is 9.90 Å². The molecule has 0 aliphatic heterocycles. The highest BCUT2D eigenvalue weighted by atomic mass is 16.5. The molecule has 4 heteroatoms. The van der Waals surface area contributed by atoms with Crippen molar-refractivity contribution >= 4 is 5.97 Å². The number of hydrogen-bond acceptors (Lipinski definition) is 4. The second-order valence-electron chi connectivity index (χ2n) is 4.63. The number of aliphatic hydroxyl groups excluding tert-OH is 1. The number of carbonyl (C=O) groups is 1. The molecule has 0 radical (unpaired) electrons. The van der Waals surface area contributed by atoms with E-state index in [1.807, 2.05) is 0 Å². The van der Waals surface area contributed by atoms with Gasteiger partial charge in [0.15, 0.2) is 0 Å². The van der Waals surface area contributed by atoms with Crippen molar-refractivity contribution in [1.82, 2.24) is 5.32 Å². The molecule has 1 aliphatic carbocycles. The molecule has 0 aromatic rings. The molecule has 0 bridgehead atoms. The van der Waals surface area contributed by atoms with Crippen LogP contribution in [0.3, 0.4) is 0 Å². The summed E-state index contributed by atoms with van der Waals surface area (Å²) in [5.41, 5.74) is 0.475. The summed E-state index contributed by atoms with van der Waals surface area (Å²) in [6.45, 7) is 7.23. The van der Waals surface area contributed by atoms with E-state index >= 15 is 0 Å². The molecule has 2 N–H and O–H groups in total. The molecule has 0 amide bonds. The summed E-state index contributed by atoms with van der Waals surface area (Å²) in [6.07, 6.45) is 3.79. The predicted molar refractivity (Wildman–Crippen MR) is 66.6 cm³/mol. The Balaban J connectivity index is 2.11. The molecular formula is C13H23NO3. The number of carbonyl (C=O) groups excluding carboxylic acids is 1. The molecule has 1 rings (SSSR count). The van der Waals surface area contributed by atoms with Crippen LogP contribution in [-0.2, 0) is 9.53 Å². The first kappa shape index (κ1) is 14.2. The van der Waals surface area contributed by atoms with Crippen molar-refractivity contribution in [2.45, 2.75) is 38.7 Å². The van der Waals surface area contributed by atoms with Crippen molar-refractivity contribution in [2.75, 3.05) is 19.7 Å². The molecule has 1 fully saturated rings. The monoisotopic (exact) mass is 241 g/mol. The Morgan fingerprint density at radius 2 is 2.06 bits per heavy atom. The van der Waals surface area contributed by atoms with Gasteiger partial charge >= 0.3 is 5.97 Å². The van der Waals surface area contributed by atoms with Gasteiger partial charge in [0.2, 0.25) is 0 Å². The average molecular weight is 241 g/mol. The largest absolute Gasteiger partial charge is 0.463 e. The van der Waals surface area contributed by atoms with E-state index < -0.39 is 0 Å². The Bertz CT molecular complexity index is 257. The van der Waals surface area contributed by atoms with Crippen LogP contribution in [0.15, 0.2) is 12.2 Å². The van der Waals surface area contributed by atoms with E-state index in [0.717, 1.165) is 32.2 Å². The number of hydrogen-bond donors (Lipinski definition) is 2. The summed E-state index contributed by atoms with van der Waals surface area (Å²) >= 11 is 0. The maximum atomic E-state index is 11.3. The summed E-state index contributed by atoms with van der Waals surface area (Å²) < 4.78 is 4.85. The fraction of sp³-hybridized carbons (Fsp3) is 0.769. The molecule has 17 heavy (non-hydrogen) atoms. The Morgan fingerprint density at radius 1 is 1.41 bits per heavy atom. The fourth-order valence-electron chi connectivity index (χ4n) is 2.08. The van der Waals surface area contributed by atoms with Crippen LogP contribution >= 0.6 is 0 Å². The van der Waals surface area contributed by atoms with E-state index in [-0.39, 0.29) is 12.1 Å². The van der Waals surface area contributed by atoms with Gasteiger partial charge in [-0.15, -0.1) is 0 Å². The lowest BCUT2D eigenvalue weighted by Gasteiger charge is -2.25. The van der Waals surface area contributed by atoms with Crippen LogP contribution < -0.4 is 5.32 Å². The van der Waals surface area contributed by atoms with Crippen molar-refractivity contribution < 1.29 is 14.6 Å². The number of esters is 1. The van der Waals surface area contributed by atoms with Crippen LogP contribution in [-0.4, -0.2) is 36.9 Å². The van der Waals surface area contributed by atoms with Gasteiger partial charge in [-0.05, 0) is 45.1 Å². The highest BCUT2D eigenvalue weighted by Gasteiger charge is 2.19. The quantitative estimate of drug-likeness (QED) is 0.543. The molecule has 0 unspecified atom stereocenters. The normalized spacial score (nSPS) is 24.4. The minimum atomic E-state index is -0.320. The molecule has 0 atom stereocenters. The molecule has 0 saturated heterocycles. The molecule has 4 nitrogen and oxygen atoms in total. The molecule has 98 valence electrons. The van der Waals surface area contributed by atoms with E-state index in [4.69, 9.17) is 4.74 Å². The number of aliphatic hydroxyl groups is 1. The highest BCUT2D eigenvalue weighted by molar-refractivity contribution is 5.88. The first-order chi connectivity index (χ1) is 8.13. The number of ether oxygens (including phenoxy) is 1. The van der Waals surface area contributed by atoms with Gasteiger partial charge in [-0.3, -0.25) is 0 Å². The van der Waals surface area contributed by atoms with E-state index in [0.29, 0.717) is 24.6 Å². The predicted octanol–water partition coefficient (Wildman–Crippen LogP) is 1.25. The van der Waals surface area contributed by atoms with E-state index in [2.05, 4.69) is 11.9 Å². The third-order valence-corrected chi connectivity index (χ3v) is 3.15. The summed E-state index contributed by atoms with van der Waals surface area (Å²) in [6, 6.07) is 0. The Labute approximate surface area is 103 Å². The Kier molecular flexibility index (Phi) is 6.22. The van der Waals surface area contributed by atoms with E-state index in [1.165, 1.54) is 0 Å². The zero-order valence-electron chi connectivity index (χ0n) is 10.6. The molecular weight excluding hydrogens is 218 g/mol. The number of rotatable bonds is 6. The van der Waals surface area contributed by atoms with Gasteiger partial charge in [0, 0.05) is 12.1 Å². The Hall–Kier alpha value is -0.870. The van der Waals surface area contributed by atoms with Crippen LogP contribution in [0.1, 0.15) is 32.6 Å². The van der Waals surface area contributed by atoms with Crippen LogP contribution in [0, 0.1) is 5.92 Å². The molecule has 1 saturated carbocycles. The smallest absolute Gasteiger partial charge is 0.334 e. The van der Waals surface area contributed by atoms with Gasteiger partial charge < -0.3 is 15.2 Å². The van der Waals surface area contributed by atoms with Crippen molar-refractivity contribution in [2.24, 2.45) is 5.92 Å². The molecule has 0 aromatic carbocycles. The van der Waals surface area contributed by atoms with Gasteiger partial charge in [-0.25, -0.2) is 4.79 Å². The van der Waals surface area contributed by atoms with Crippen molar-refractivity contribution in [3.63, 3.8) is 0 Å². The molecule has 0 spiro atoms.